The lowest BCUT2D eigenvalue weighted by atomic mass is 9.88. The minimum Gasteiger partial charge on any atom is -0.339 e. The van der Waals surface area contributed by atoms with E-state index in [0.29, 0.717) is 5.92 Å². The molecule has 1 aromatic rings. The molecule has 2 aliphatic rings. The third-order valence-corrected chi connectivity index (χ3v) is 4.80. The van der Waals surface area contributed by atoms with E-state index in [0.717, 1.165) is 44.6 Å². The van der Waals surface area contributed by atoms with Crippen LogP contribution in [0, 0.1) is 6.92 Å². The summed E-state index contributed by atoms with van der Waals surface area (Å²) in [7, 11) is 0. The molecule has 3 nitrogen and oxygen atoms in total. The number of hydrogen-bond acceptors (Lipinski definition) is 2. The number of carbonyl (C=O) groups excluding carboxylic acids is 1. The quantitative estimate of drug-likeness (QED) is 0.903. The van der Waals surface area contributed by atoms with Gasteiger partial charge in [0.1, 0.15) is 0 Å². The number of likely N-dealkylation sites (tertiary alicyclic amines) is 1. The van der Waals surface area contributed by atoms with Gasteiger partial charge >= 0.3 is 0 Å². The fourth-order valence-electron chi connectivity index (χ4n) is 3.61. The Morgan fingerprint density at radius 1 is 1.09 bits per heavy atom. The first-order valence-electron chi connectivity index (χ1n) is 8.35. The summed E-state index contributed by atoms with van der Waals surface area (Å²) in [5, 5.41) is 3.41. The number of rotatable bonds is 2. The molecule has 1 amide bonds. The minimum atomic E-state index is 0. The average Bonchev–Trinajstić information content (AvgIpc) is 2.55. The Morgan fingerprint density at radius 3 is 2.45 bits per heavy atom. The third kappa shape index (κ3) is 4.02. The van der Waals surface area contributed by atoms with Gasteiger partial charge < -0.3 is 10.2 Å². The van der Waals surface area contributed by atoms with Gasteiger partial charge in [-0.05, 0) is 75.7 Å². The zero-order valence-electron chi connectivity index (χ0n) is 13.4. The molecule has 3 rings (SSSR count). The zero-order chi connectivity index (χ0) is 14.7. The van der Waals surface area contributed by atoms with Crippen molar-refractivity contribution in [2.75, 3.05) is 26.2 Å². The van der Waals surface area contributed by atoms with Gasteiger partial charge in [-0.15, -0.1) is 12.4 Å². The van der Waals surface area contributed by atoms with E-state index in [1.54, 1.807) is 0 Å². The number of benzene rings is 1. The Balaban J connectivity index is 0.00000176. The van der Waals surface area contributed by atoms with Gasteiger partial charge in [-0.3, -0.25) is 4.79 Å². The molecule has 2 fully saturated rings. The molecule has 4 heteroatoms. The van der Waals surface area contributed by atoms with E-state index < -0.39 is 0 Å². The molecule has 0 atom stereocenters. The Bertz CT molecular complexity index is 506. The number of nitrogens with zero attached hydrogens (tertiary/aromatic N) is 1. The summed E-state index contributed by atoms with van der Waals surface area (Å²) in [6.07, 6.45) is 5.93. The standard InChI is InChI=1S/C18H26N2O.ClH/c1-14-11-16(15-5-7-19-8-6-15)13-17(12-14)18(21)20-9-3-2-4-10-20;/h11-13,15,19H,2-10H2,1H3;1H. The Morgan fingerprint density at radius 2 is 1.77 bits per heavy atom. The molecular weight excluding hydrogens is 296 g/mol. The van der Waals surface area contributed by atoms with Crippen LogP contribution in [0.15, 0.2) is 18.2 Å². The van der Waals surface area contributed by atoms with Crippen LogP contribution in [0.2, 0.25) is 0 Å². The number of halogens is 1. The Hall–Kier alpha value is -1.06. The van der Waals surface area contributed by atoms with Gasteiger partial charge in [0.05, 0.1) is 0 Å². The Kier molecular flexibility index (Phi) is 6.27. The van der Waals surface area contributed by atoms with Crippen molar-refractivity contribution < 1.29 is 4.79 Å². The molecule has 0 unspecified atom stereocenters. The highest BCUT2D eigenvalue weighted by atomic mass is 35.5. The van der Waals surface area contributed by atoms with Gasteiger partial charge in [0.25, 0.3) is 5.91 Å². The van der Waals surface area contributed by atoms with Crippen molar-refractivity contribution in [1.82, 2.24) is 10.2 Å². The van der Waals surface area contributed by atoms with E-state index in [9.17, 15) is 4.79 Å². The van der Waals surface area contributed by atoms with E-state index >= 15 is 0 Å². The molecule has 0 saturated carbocycles. The zero-order valence-corrected chi connectivity index (χ0v) is 14.3. The molecule has 0 aromatic heterocycles. The summed E-state index contributed by atoms with van der Waals surface area (Å²) >= 11 is 0. The molecule has 2 saturated heterocycles. The van der Waals surface area contributed by atoms with Gasteiger partial charge in [0.2, 0.25) is 0 Å². The molecule has 122 valence electrons. The van der Waals surface area contributed by atoms with Crippen LogP contribution in [0.25, 0.3) is 0 Å². The maximum atomic E-state index is 12.7. The molecule has 0 aliphatic carbocycles. The molecule has 2 heterocycles. The number of amides is 1. The second-order valence-electron chi connectivity index (χ2n) is 6.51. The fourth-order valence-corrected chi connectivity index (χ4v) is 3.61. The van der Waals surface area contributed by atoms with Crippen LogP contribution in [0.3, 0.4) is 0 Å². The van der Waals surface area contributed by atoms with Crippen molar-refractivity contribution in [3.05, 3.63) is 34.9 Å². The van der Waals surface area contributed by atoms with Crippen LogP contribution in [0.4, 0.5) is 0 Å². The summed E-state index contributed by atoms with van der Waals surface area (Å²) in [5.74, 6) is 0.840. The second kappa shape index (κ2) is 7.98. The van der Waals surface area contributed by atoms with Crippen molar-refractivity contribution in [2.24, 2.45) is 0 Å². The largest absolute Gasteiger partial charge is 0.339 e. The average molecular weight is 323 g/mol. The Labute approximate surface area is 139 Å². The lowest BCUT2D eigenvalue weighted by Gasteiger charge is -2.28. The first-order chi connectivity index (χ1) is 10.2. The molecule has 1 N–H and O–H groups in total. The number of piperidine rings is 2. The van der Waals surface area contributed by atoms with Crippen molar-refractivity contribution in [3.8, 4) is 0 Å². The van der Waals surface area contributed by atoms with Crippen LogP contribution in [0.5, 0.6) is 0 Å². The van der Waals surface area contributed by atoms with Crippen LogP contribution in [-0.2, 0) is 0 Å². The highest BCUT2D eigenvalue weighted by Crippen LogP contribution is 2.27. The smallest absolute Gasteiger partial charge is 0.253 e. The molecule has 0 radical (unpaired) electrons. The van der Waals surface area contributed by atoms with Crippen LogP contribution in [-0.4, -0.2) is 37.0 Å². The van der Waals surface area contributed by atoms with Gasteiger partial charge in [0.15, 0.2) is 0 Å². The summed E-state index contributed by atoms with van der Waals surface area (Å²) in [6, 6.07) is 6.48. The first kappa shape index (κ1) is 17.3. The second-order valence-corrected chi connectivity index (χ2v) is 6.51. The monoisotopic (exact) mass is 322 g/mol. The number of nitrogens with one attached hydrogen (secondary N) is 1. The molecule has 2 aliphatic heterocycles. The highest BCUT2D eigenvalue weighted by molar-refractivity contribution is 5.94. The highest BCUT2D eigenvalue weighted by Gasteiger charge is 2.21. The van der Waals surface area contributed by atoms with Gasteiger partial charge in [-0.1, -0.05) is 11.6 Å². The lowest BCUT2D eigenvalue weighted by molar-refractivity contribution is 0.0724. The molecule has 0 bridgehead atoms. The normalized spacial score (nSPS) is 19.6. The topological polar surface area (TPSA) is 32.3 Å². The predicted molar refractivity (Wildman–Crippen MR) is 93.0 cm³/mol. The number of aryl methyl sites for hydroxylation is 1. The van der Waals surface area contributed by atoms with E-state index in [-0.39, 0.29) is 18.3 Å². The van der Waals surface area contributed by atoms with Crippen molar-refractivity contribution in [3.63, 3.8) is 0 Å². The van der Waals surface area contributed by atoms with Crippen molar-refractivity contribution >= 4 is 18.3 Å². The molecule has 1 aromatic carbocycles. The summed E-state index contributed by atoms with van der Waals surface area (Å²) in [4.78, 5) is 14.7. The SMILES string of the molecule is Cc1cc(C(=O)N2CCCCC2)cc(C2CCNCC2)c1.Cl. The van der Waals surface area contributed by atoms with E-state index in [4.69, 9.17) is 0 Å². The third-order valence-electron chi connectivity index (χ3n) is 4.80. The van der Waals surface area contributed by atoms with Gasteiger partial charge in [-0.25, -0.2) is 0 Å². The fraction of sp³-hybridized carbons (Fsp3) is 0.611. The van der Waals surface area contributed by atoms with Crippen LogP contribution in [0.1, 0.15) is 59.5 Å². The predicted octanol–water partition coefficient (Wildman–Crippen LogP) is 3.51. The maximum Gasteiger partial charge on any atom is 0.253 e. The first-order valence-corrected chi connectivity index (χ1v) is 8.35. The van der Waals surface area contributed by atoms with Crippen LogP contribution >= 0.6 is 12.4 Å². The van der Waals surface area contributed by atoms with Gasteiger partial charge in [-0.2, -0.15) is 0 Å². The molecular formula is C18H27ClN2O. The van der Waals surface area contributed by atoms with Crippen molar-refractivity contribution in [2.45, 2.75) is 44.9 Å². The molecule has 22 heavy (non-hydrogen) atoms. The van der Waals surface area contributed by atoms with Gasteiger partial charge in [0, 0.05) is 18.7 Å². The van der Waals surface area contributed by atoms with Crippen LogP contribution < -0.4 is 5.32 Å². The number of carbonyl (C=O) groups is 1. The van der Waals surface area contributed by atoms with E-state index in [1.165, 1.54) is 30.4 Å². The summed E-state index contributed by atoms with van der Waals surface area (Å²) < 4.78 is 0. The van der Waals surface area contributed by atoms with E-state index in [2.05, 4.69) is 30.4 Å². The van der Waals surface area contributed by atoms with E-state index in [1.807, 2.05) is 4.90 Å². The summed E-state index contributed by atoms with van der Waals surface area (Å²) in [5.41, 5.74) is 3.47. The lowest BCUT2D eigenvalue weighted by Crippen LogP contribution is -2.35. The minimum absolute atomic E-state index is 0. The van der Waals surface area contributed by atoms with Crippen molar-refractivity contribution in [1.29, 1.82) is 0 Å². The maximum absolute atomic E-state index is 12.7. The molecule has 0 spiro atoms. The summed E-state index contributed by atoms with van der Waals surface area (Å²) in [6.45, 7) is 6.14. The number of hydrogen-bond donors (Lipinski definition) is 1.